The molecule has 0 atom stereocenters. The lowest BCUT2D eigenvalue weighted by atomic mass is 10.1. The second kappa shape index (κ2) is 6.12. The number of nitrogens with zero attached hydrogens (tertiary/aromatic N) is 2. The number of rotatable bonds is 4. The third-order valence-electron chi connectivity index (χ3n) is 3.98. The number of hydrogen-bond acceptors (Lipinski definition) is 3. The Morgan fingerprint density at radius 3 is 2.92 bits per heavy atom. The van der Waals surface area contributed by atoms with E-state index < -0.39 is 0 Å². The summed E-state index contributed by atoms with van der Waals surface area (Å²) in [5, 5.41) is 4.98. The Balaban J connectivity index is 1.46. The van der Waals surface area contributed by atoms with E-state index >= 15 is 0 Å². The van der Waals surface area contributed by atoms with Crippen LogP contribution >= 0.6 is 0 Å². The zero-order chi connectivity index (χ0) is 16.4. The average molecular weight is 316 g/mol. The lowest BCUT2D eigenvalue weighted by molar-refractivity contribution is -0.116. The van der Waals surface area contributed by atoms with Crippen molar-refractivity contribution in [2.45, 2.75) is 12.8 Å². The normalized spacial score (nSPS) is 11.0. The van der Waals surface area contributed by atoms with E-state index in [0.29, 0.717) is 12.8 Å². The lowest BCUT2D eigenvalue weighted by Crippen LogP contribution is -2.13. The fourth-order valence-electron chi connectivity index (χ4n) is 2.80. The van der Waals surface area contributed by atoms with Crippen LogP contribution in [-0.2, 0) is 11.2 Å². The number of anilines is 1. The van der Waals surface area contributed by atoms with E-state index in [1.54, 1.807) is 12.4 Å². The number of para-hydroxylation sites is 2. The van der Waals surface area contributed by atoms with Gasteiger partial charge in [0.2, 0.25) is 5.91 Å². The summed E-state index contributed by atoms with van der Waals surface area (Å²) >= 11 is 0. The molecule has 0 aliphatic carbocycles. The van der Waals surface area contributed by atoms with Gasteiger partial charge in [0.1, 0.15) is 5.82 Å². The Bertz CT molecular complexity index is 984. The number of imidazole rings is 1. The number of aromatic nitrogens is 3. The summed E-state index contributed by atoms with van der Waals surface area (Å²) in [5.74, 6) is 0.799. The molecule has 0 aliphatic rings. The second-order valence-electron chi connectivity index (χ2n) is 5.65. The van der Waals surface area contributed by atoms with Gasteiger partial charge in [-0.2, -0.15) is 0 Å². The van der Waals surface area contributed by atoms with Crippen molar-refractivity contribution in [1.29, 1.82) is 0 Å². The molecule has 5 nitrogen and oxygen atoms in total. The van der Waals surface area contributed by atoms with Crippen molar-refractivity contribution in [2.24, 2.45) is 0 Å². The number of hydrogen-bond donors (Lipinski definition) is 2. The van der Waals surface area contributed by atoms with Crippen molar-refractivity contribution < 1.29 is 4.79 Å². The van der Waals surface area contributed by atoms with Crippen LogP contribution in [0.25, 0.3) is 21.8 Å². The summed E-state index contributed by atoms with van der Waals surface area (Å²) in [7, 11) is 0. The summed E-state index contributed by atoms with van der Waals surface area (Å²) in [6.07, 6.45) is 4.47. The smallest absolute Gasteiger partial charge is 0.224 e. The highest BCUT2D eigenvalue weighted by molar-refractivity contribution is 6.01. The first-order valence-electron chi connectivity index (χ1n) is 7.86. The molecule has 2 heterocycles. The minimum absolute atomic E-state index is 0.0280. The fraction of sp³-hybridized carbons (Fsp3) is 0.105. The molecule has 0 bridgehead atoms. The molecule has 0 fully saturated rings. The van der Waals surface area contributed by atoms with Gasteiger partial charge in [-0.25, -0.2) is 4.98 Å². The van der Waals surface area contributed by atoms with Crippen LogP contribution in [0, 0.1) is 0 Å². The maximum absolute atomic E-state index is 12.3. The van der Waals surface area contributed by atoms with Crippen LogP contribution in [0.5, 0.6) is 0 Å². The summed E-state index contributed by atoms with van der Waals surface area (Å²) in [4.78, 5) is 24.1. The summed E-state index contributed by atoms with van der Waals surface area (Å²) in [5.41, 5.74) is 2.73. The average Bonchev–Trinajstić information content (AvgIpc) is 3.03. The minimum Gasteiger partial charge on any atom is -0.342 e. The van der Waals surface area contributed by atoms with Crippen LogP contribution in [0.1, 0.15) is 12.2 Å². The Morgan fingerprint density at radius 2 is 2.00 bits per heavy atom. The number of aromatic amines is 1. The number of carbonyl (C=O) groups excluding carboxylic acids is 1. The first-order valence-corrected chi connectivity index (χ1v) is 7.86. The number of carbonyl (C=O) groups is 1. The van der Waals surface area contributed by atoms with E-state index in [9.17, 15) is 4.79 Å². The minimum atomic E-state index is -0.0280. The molecule has 1 amide bonds. The molecule has 0 saturated heterocycles. The SMILES string of the molecule is O=C(CCc1nc2ccccc2[nH]1)Nc1cccc2cnccc12. The van der Waals surface area contributed by atoms with Gasteiger partial charge < -0.3 is 10.3 Å². The zero-order valence-corrected chi connectivity index (χ0v) is 13.0. The maximum Gasteiger partial charge on any atom is 0.224 e. The van der Waals surface area contributed by atoms with Crippen molar-refractivity contribution in [2.75, 3.05) is 5.32 Å². The van der Waals surface area contributed by atoms with Gasteiger partial charge in [0.25, 0.3) is 0 Å². The molecular formula is C19H16N4O. The third kappa shape index (κ3) is 2.84. The maximum atomic E-state index is 12.3. The van der Waals surface area contributed by atoms with Crippen molar-refractivity contribution in [1.82, 2.24) is 15.0 Å². The van der Waals surface area contributed by atoms with Gasteiger partial charge in [-0.05, 0) is 24.3 Å². The van der Waals surface area contributed by atoms with Gasteiger partial charge in [-0.15, -0.1) is 0 Å². The first-order chi connectivity index (χ1) is 11.8. The monoisotopic (exact) mass is 316 g/mol. The molecule has 5 heteroatoms. The van der Waals surface area contributed by atoms with Gasteiger partial charge in [0, 0.05) is 41.7 Å². The van der Waals surface area contributed by atoms with E-state index in [4.69, 9.17) is 0 Å². The van der Waals surface area contributed by atoms with Gasteiger partial charge in [0.05, 0.1) is 11.0 Å². The van der Waals surface area contributed by atoms with Crippen LogP contribution in [0.2, 0.25) is 0 Å². The number of fused-ring (bicyclic) bond motifs is 2. The molecule has 0 radical (unpaired) electrons. The highest BCUT2D eigenvalue weighted by Gasteiger charge is 2.08. The standard InChI is InChI=1S/C19H16N4O/c24-19(9-8-18-21-16-5-1-2-6-17(16)22-18)23-15-7-3-4-13-12-20-11-10-14(13)15/h1-7,10-12H,8-9H2,(H,21,22)(H,23,24). The molecule has 0 spiro atoms. The number of H-pyrrole nitrogens is 1. The van der Waals surface area contributed by atoms with E-state index in [1.807, 2.05) is 48.5 Å². The van der Waals surface area contributed by atoms with Crippen molar-refractivity contribution in [3.63, 3.8) is 0 Å². The number of pyridine rings is 1. The number of benzene rings is 2. The molecule has 0 unspecified atom stereocenters. The summed E-state index contributed by atoms with van der Waals surface area (Å²) in [6.45, 7) is 0. The van der Waals surface area contributed by atoms with Crippen molar-refractivity contribution in [3.05, 3.63) is 66.7 Å². The van der Waals surface area contributed by atoms with Gasteiger partial charge in [-0.3, -0.25) is 9.78 Å². The van der Waals surface area contributed by atoms with Gasteiger partial charge in [-0.1, -0.05) is 24.3 Å². The quantitative estimate of drug-likeness (QED) is 0.603. The molecule has 2 aromatic heterocycles. The molecule has 2 N–H and O–H groups in total. The molecule has 0 aliphatic heterocycles. The van der Waals surface area contributed by atoms with E-state index in [2.05, 4.69) is 20.3 Å². The first kappa shape index (κ1) is 14.4. The molecule has 118 valence electrons. The molecule has 2 aromatic carbocycles. The Hall–Kier alpha value is -3.21. The largest absolute Gasteiger partial charge is 0.342 e. The highest BCUT2D eigenvalue weighted by Crippen LogP contribution is 2.22. The van der Waals surface area contributed by atoms with Crippen LogP contribution in [0.15, 0.2) is 60.9 Å². The Kier molecular flexibility index (Phi) is 3.67. The van der Waals surface area contributed by atoms with E-state index in [1.165, 1.54) is 0 Å². The van der Waals surface area contributed by atoms with Crippen LogP contribution in [-0.4, -0.2) is 20.9 Å². The summed E-state index contributed by atoms with van der Waals surface area (Å²) in [6, 6.07) is 15.6. The molecular weight excluding hydrogens is 300 g/mol. The second-order valence-corrected chi connectivity index (χ2v) is 5.65. The van der Waals surface area contributed by atoms with Crippen molar-refractivity contribution >= 4 is 33.4 Å². The third-order valence-corrected chi connectivity index (χ3v) is 3.98. The number of amides is 1. The highest BCUT2D eigenvalue weighted by atomic mass is 16.1. The summed E-state index contributed by atoms with van der Waals surface area (Å²) < 4.78 is 0. The molecule has 4 aromatic rings. The number of nitrogens with one attached hydrogen (secondary N) is 2. The predicted molar refractivity (Wildman–Crippen MR) is 94.8 cm³/mol. The van der Waals surface area contributed by atoms with Gasteiger partial charge in [0.15, 0.2) is 0 Å². The fourth-order valence-corrected chi connectivity index (χ4v) is 2.80. The topological polar surface area (TPSA) is 70.7 Å². The van der Waals surface area contributed by atoms with Crippen molar-refractivity contribution in [3.8, 4) is 0 Å². The molecule has 0 saturated carbocycles. The number of aryl methyl sites for hydroxylation is 1. The van der Waals surface area contributed by atoms with Gasteiger partial charge >= 0.3 is 0 Å². The Morgan fingerprint density at radius 1 is 1.08 bits per heavy atom. The predicted octanol–water partition coefficient (Wildman–Crippen LogP) is 3.68. The Labute approximate surface area is 138 Å². The van der Waals surface area contributed by atoms with Crippen LogP contribution in [0.3, 0.4) is 0 Å². The van der Waals surface area contributed by atoms with E-state index in [-0.39, 0.29) is 5.91 Å². The van der Waals surface area contributed by atoms with Crippen LogP contribution in [0.4, 0.5) is 5.69 Å². The van der Waals surface area contributed by atoms with E-state index in [0.717, 1.165) is 33.3 Å². The molecule has 24 heavy (non-hydrogen) atoms. The molecule has 4 rings (SSSR count). The lowest BCUT2D eigenvalue weighted by Gasteiger charge is -2.08. The van der Waals surface area contributed by atoms with Crippen LogP contribution < -0.4 is 5.32 Å². The zero-order valence-electron chi connectivity index (χ0n) is 13.0.